The van der Waals surface area contributed by atoms with Crippen LogP contribution < -0.4 is 4.74 Å². The van der Waals surface area contributed by atoms with Crippen LogP contribution in [0.1, 0.15) is 15.9 Å². The fraction of sp³-hybridized carbons (Fsp3) is 0.0769. The number of aldehydes is 1. The van der Waals surface area contributed by atoms with Crippen molar-refractivity contribution in [2.24, 2.45) is 0 Å². The number of nitro benzene ring substituents is 1. The van der Waals surface area contributed by atoms with Gasteiger partial charge in [-0.2, -0.15) is 0 Å². The van der Waals surface area contributed by atoms with Gasteiger partial charge in [-0.25, -0.2) is 4.98 Å². The number of nitro groups is 1. The maximum atomic E-state index is 10.8. The Bertz CT molecular complexity index is 711. The summed E-state index contributed by atoms with van der Waals surface area (Å²) in [6, 6.07) is 4.33. The number of aryl methyl sites for hydroxylation is 1. The third kappa shape index (κ3) is 3.45. The highest BCUT2D eigenvalue weighted by Gasteiger charge is 2.17. The minimum atomic E-state index is -0.498. The molecule has 0 atom stereocenters. The molecule has 0 aliphatic carbocycles. The van der Waals surface area contributed by atoms with E-state index < -0.39 is 4.92 Å². The standard InChI is InChI=1S/C13H8Br2N2O4/c1-7-2-8(6-18)5-16-13(7)21-12-10(14)3-9(17(19)20)4-11(12)15/h2-6H,1H3. The van der Waals surface area contributed by atoms with Gasteiger partial charge >= 0.3 is 0 Å². The Morgan fingerprint density at radius 2 is 1.90 bits per heavy atom. The third-order valence-corrected chi connectivity index (χ3v) is 3.76. The molecule has 0 aliphatic rings. The number of non-ortho nitro benzene ring substituents is 1. The molecule has 1 aromatic carbocycles. The lowest BCUT2D eigenvalue weighted by molar-refractivity contribution is -0.385. The van der Waals surface area contributed by atoms with E-state index in [1.807, 2.05) is 0 Å². The van der Waals surface area contributed by atoms with Gasteiger partial charge in [-0.3, -0.25) is 14.9 Å². The van der Waals surface area contributed by atoms with Crippen molar-refractivity contribution in [1.29, 1.82) is 0 Å². The Morgan fingerprint density at radius 3 is 2.38 bits per heavy atom. The molecule has 2 rings (SSSR count). The first-order valence-electron chi connectivity index (χ1n) is 5.65. The van der Waals surface area contributed by atoms with Crippen molar-refractivity contribution in [2.45, 2.75) is 6.92 Å². The second-order valence-electron chi connectivity index (χ2n) is 4.11. The predicted octanol–water partition coefficient (Wildman–Crippen LogP) is 4.43. The number of hydrogen-bond acceptors (Lipinski definition) is 5. The van der Waals surface area contributed by atoms with Crippen LogP contribution in [0.5, 0.6) is 11.6 Å². The van der Waals surface area contributed by atoms with Crippen LogP contribution in [0.4, 0.5) is 5.69 Å². The molecule has 0 spiro atoms. The molecular weight excluding hydrogens is 408 g/mol. The fourth-order valence-electron chi connectivity index (χ4n) is 1.60. The van der Waals surface area contributed by atoms with Crippen LogP contribution in [0.3, 0.4) is 0 Å². The molecule has 21 heavy (non-hydrogen) atoms. The lowest BCUT2D eigenvalue weighted by Gasteiger charge is -2.11. The maximum absolute atomic E-state index is 10.8. The van der Waals surface area contributed by atoms with Crippen molar-refractivity contribution < 1.29 is 14.5 Å². The first kappa shape index (κ1) is 15.6. The number of carbonyl (C=O) groups is 1. The first-order chi connectivity index (χ1) is 9.92. The summed E-state index contributed by atoms with van der Waals surface area (Å²) in [6.45, 7) is 1.75. The Balaban J connectivity index is 2.40. The van der Waals surface area contributed by atoms with Gasteiger partial charge in [-0.15, -0.1) is 0 Å². The molecule has 0 fully saturated rings. The van der Waals surface area contributed by atoms with Gasteiger partial charge in [0, 0.05) is 29.5 Å². The van der Waals surface area contributed by atoms with E-state index in [1.165, 1.54) is 18.3 Å². The van der Waals surface area contributed by atoms with E-state index in [9.17, 15) is 14.9 Å². The van der Waals surface area contributed by atoms with Gasteiger partial charge in [0.1, 0.15) is 0 Å². The highest BCUT2D eigenvalue weighted by molar-refractivity contribution is 9.11. The zero-order valence-corrected chi connectivity index (χ0v) is 13.8. The number of carbonyl (C=O) groups excluding carboxylic acids is 1. The van der Waals surface area contributed by atoms with Crippen molar-refractivity contribution in [1.82, 2.24) is 4.98 Å². The summed E-state index contributed by atoms with van der Waals surface area (Å²) in [5.41, 5.74) is 1.06. The van der Waals surface area contributed by atoms with Gasteiger partial charge < -0.3 is 4.74 Å². The molecule has 6 nitrogen and oxygen atoms in total. The average molecular weight is 416 g/mol. The van der Waals surface area contributed by atoms with Crippen molar-refractivity contribution in [2.75, 3.05) is 0 Å². The molecule has 0 aliphatic heterocycles. The van der Waals surface area contributed by atoms with Crippen molar-refractivity contribution >= 4 is 43.8 Å². The quantitative estimate of drug-likeness (QED) is 0.419. The average Bonchev–Trinajstić information content (AvgIpc) is 2.43. The van der Waals surface area contributed by atoms with E-state index in [0.717, 1.165) is 0 Å². The number of halogens is 2. The third-order valence-electron chi connectivity index (χ3n) is 2.58. The van der Waals surface area contributed by atoms with Crippen LogP contribution >= 0.6 is 31.9 Å². The Labute approximate surface area is 136 Å². The number of ether oxygens (including phenoxy) is 1. The summed E-state index contributed by atoms with van der Waals surface area (Å²) in [7, 11) is 0. The van der Waals surface area contributed by atoms with Crippen molar-refractivity contribution in [3.8, 4) is 11.6 Å². The number of pyridine rings is 1. The van der Waals surface area contributed by atoms with Gasteiger partial charge in [0.05, 0.1) is 13.9 Å². The second kappa shape index (κ2) is 6.31. The number of nitrogens with zero attached hydrogens (tertiary/aromatic N) is 2. The minimum absolute atomic E-state index is 0.0675. The molecule has 0 unspecified atom stereocenters. The number of hydrogen-bond donors (Lipinski definition) is 0. The molecule has 108 valence electrons. The van der Waals surface area contributed by atoms with Gasteiger partial charge in [0.2, 0.25) is 5.88 Å². The molecule has 0 saturated carbocycles. The normalized spacial score (nSPS) is 10.2. The van der Waals surface area contributed by atoms with Crippen molar-refractivity contribution in [3.05, 3.63) is 54.6 Å². The van der Waals surface area contributed by atoms with Crippen LogP contribution in [0.2, 0.25) is 0 Å². The van der Waals surface area contributed by atoms with Gasteiger partial charge in [0.25, 0.3) is 5.69 Å². The number of rotatable bonds is 4. The molecule has 0 saturated heterocycles. The molecule has 2 aromatic rings. The summed E-state index contributed by atoms with van der Waals surface area (Å²) in [4.78, 5) is 25.0. The second-order valence-corrected chi connectivity index (χ2v) is 5.81. The van der Waals surface area contributed by atoms with Crippen LogP contribution in [0, 0.1) is 17.0 Å². The smallest absolute Gasteiger partial charge is 0.271 e. The molecule has 8 heteroatoms. The minimum Gasteiger partial charge on any atom is -0.436 e. The van der Waals surface area contributed by atoms with Crippen LogP contribution in [0.25, 0.3) is 0 Å². The monoisotopic (exact) mass is 414 g/mol. The predicted molar refractivity (Wildman–Crippen MR) is 82.9 cm³/mol. The Kier molecular flexibility index (Phi) is 4.69. The van der Waals surface area contributed by atoms with Gasteiger partial charge in [0.15, 0.2) is 12.0 Å². The van der Waals surface area contributed by atoms with E-state index in [1.54, 1.807) is 13.0 Å². The summed E-state index contributed by atoms with van der Waals surface area (Å²) in [5.74, 6) is 0.686. The first-order valence-corrected chi connectivity index (χ1v) is 7.24. The fourth-order valence-corrected chi connectivity index (χ4v) is 2.93. The molecule has 0 bridgehead atoms. The lowest BCUT2D eigenvalue weighted by atomic mass is 10.2. The zero-order valence-electron chi connectivity index (χ0n) is 10.7. The summed E-state index contributed by atoms with van der Waals surface area (Å²) in [6.07, 6.45) is 2.09. The van der Waals surface area contributed by atoms with E-state index in [0.29, 0.717) is 38.0 Å². The van der Waals surface area contributed by atoms with E-state index in [4.69, 9.17) is 4.74 Å². The van der Waals surface area contributed by atoms with Crippen LogP contribution in [-0.2, 0) is 0 Å². The lowest BCUT2D eigenvalue weighted by Crippen LogP contribution is -1.96. The highest BCUT2D eigenvalue weighted by Crippen LogP contribution is 2.39. The molecule has 0 radical (unpaired) electrons. The van der Waals surface area contributed by atoms with Crippen LogP contribution in [-0.4, -0.2) is 16.2 Å². The van der Waals surface area contributed by atoms with E-state index >= 15 is 0 Å². The van der Waals surface area contributed by atoms with E-state index in [-0.39, 0.29) is 5.69 Å². The molecule has 1 aromatic heterocycles. The van der Waals surface area contributed by atoms with Crippen LogP contribution in [0.15, 0.2) is 33.3 Å². The van der Waals surface area contributed by atoms with Gasteiger partial charge in [-0.1, -0.05) is 0 Å². The van der Waals surface area contributed by atoms with Gasteiger partial charge in [-0.05, 0) is 44.8 Å². The molecule has 1 heterocycles. The summed E-state index contributed by atoms with van der Waals surface area (Å²) < 4.78 is 6.50. The topological polar surface area (TPSA) is 82.3 Å². The number of benzene rings is 1. The summed E-state index contributed by atoms with van der Waals surface area (Å²) in [5, 5.41) is 10.8. The molecular formula is C13H8Br2N2O4. The van der Waals surface area contributed by atoms with Crippen molar-refractivity contribution in [3.63, 3.8) is 0 Å². The molecule has 0 amide bonds. The van der Waals surface area contributed by atoms with E-state index in [2.05, 4.69) is 36.8 Å². The highest BCUT2D eigenvalue weighted by atomic mass is 79.9. The summed E-state index contributed by atoms with van der Waals surface area (Å²) >= 11 is 6.47. The largest absolute Gasteiger partial charge is 0.436 e. The Morgan fingerprint density at radius 1 is 1.29 bits per heavy atom. The zero-order chi connectivity index (χ0) is 15.6. The number of aromatic nitrogens is 1. The SMILES string of the molecule is Cc1cc(C=O)cnc1Oc1c(Br)cc([N+](=O)[O-])cc1Br. The molecule has 0 N–H and O–H groups in total. The Hall–Kier alpha value is -1.80. The maximum Gasteiger partial charge on any atom is 0.271 e.